The Hall–Kier alpha value is -3.15. The third-order valence-corrected chi connectivity index (χ3v) is 12.3. The first-order valence-corrected chi connectivity index (χ1v) is 19.4. The molecule has 12 heteroatoms. The maximum absolute atomic E-state index is 14.1. The molecule has 2 amide bonds. The molecule has 2 saturated carbocycles. The molecule has 2 saturated heterocycles. The minimum Gasteiger partial charge on any atom is -0.481 e. The Morgan fingerprint density at radius 3 is 2.31 bits per heavy atom. The number of hydrogen-bond acceptors (Lipinski definition) is 7. The molecule has 51 heavy (non-hydrogen) atoms. The summed E-state index contributed by atoms with van der Waals surface area (Å²) in [6.45, 7) is 5.18. The van der Waals surface area contributed by atoms with Crippen LogP contribution in [0.15, 0.2) is 47.1 Å². The lowest BCUT2D eigenvalue weighted by Crippen LogP contribution is -2.54. The summed E-state index contributed by atoms with van der Waals surface area (Å²) in [6.07, 6.45) is 11.6. The number of anilines is 1. The molecule has 2 N–H and O–H groups in total. The van der Waals surface area contributed by atoms with E-state index in [0.29, 0.717) is 64.8 Å². The number of nitrogens with one attached hydrogen (secondary N) is 1. The zero-order valence-electron chi connectivity index (χ0n) is 29.0. The molecule has 274 valence electrons. The number of furan rings is 1. The molecular formula is C39H48Cl2N4O6. The van der Waals surface area contributed by atoms with Gasteiger partial charge in [-0.05, 0) is 68.7 Å². The van der Waals surface area contributed by atoms with Crippen LogP contribution in [0, 0.1) is 5.92 Å². The van der Waals surface area contributed by atoms with Crippen LogP contribution < -0.4 is 5.32 Å². The maximum atomic E-state index is 14.1. The van der Waals surface area contributed by atoms with Crippen molar-refractivity contribution in [1.29, 1.82) is 0 Å². The fraction of sp³-hybridized carbons (Fsp3) is 0.564. The first-order valence-electron chi connectivity index (χ1n) is 18.6. The van der Waals surface area contributed by atoms with Crippen molar-refractivity contribution in [2.75, 3.05) is 44.6 Å². The van der Waals surface area contributed by atoms with Crippen LogP contribution in [0.5, 0.6) is 0 Å². The van der Waals surface area contributed by atoms with Gasteiger partial charge in [0.15, 0.2) is 0 Å². The van der Waals surface area contributed by atoms with E-state index in [1.54, 1.807) is 18.2 Å². The highest BCUT2D eigenvalue weighted by atomic mass is 35.5. The second-order valence-electron chi connectivity index (χ2n) is 14.8. The van der Waals surface area contributed by atoms with Gasteiger partial charge in [-0.1, -0.05) is 60.7 Å². The van der Waals surface area contributed by atoms with Gasteiger partial charge in [0.05, 0.1) is 47.4 Å². The Bertz CT molecular complexity index is 1710. The molecule has 2 aliphatic heterocycles. The number of carboxylic acid groups (broad SMARTS) is 1. The van der Waals surface area contributed by atoms with Crippen molar-refractivity contribution in [3.05, 3.63) is 63.8 Å². The van der Waals surface area contributed by atoms with E-state index >= 15 is 0 Å². The zero-order valence-corrected chi connectivity index (χ0v) is 30.5. The van der Waals surface area contributed by atoms with Crippen LogP contribution >= 0.6 is 23.2 Å². The highest BCUT2D eigenvalue weighted by Gasteiger charge is 2.40. The van der Waals surface area contributed by atoms with Crippen LogP contribution in [-0.2, 0) is 20.7 Å². The van der Waals surface area contributed by atoms with E-state index in [1.807, 2.05) is 23.1 Å². The third kappa shape index (κ3) is 8.41. The lowest BCUT2D eigenvalue weighted by molar-refractivity contribution is -0.144. The van der Waals surface area contributed by atoms with E-state index < -0.39 is 5.97 Å². The van der Waals surface area contributed by atoms with Gasteiger partial charge < -0.3 is 24.5 Å². The monoisotopic (exact) mass is 738 g/mol. The lowest BCUT2D eigenvalue weighted by Gasteiger charge is -2.42. The molecule has 0 spiro atoms. The van der Waals surface area contributed by atoms with Crippen LogP contribution in [0.4, 0.5) is 5.69 Å². The van der Waals surface area contributed by atoms with E-state index in [0.717, 1.165) is 45.4 Å². The smallest absolute Gasteiger partial charge is 0.306 e. The molecular weight excluding hydrogens is 691 g/mol. The quantitative estimate of drug-likeness (QED) is 0.226. The summed E-state index contributed by atoms with van der Waals surface area (Å²) in [6, 6.07) is 11.4. The minimum absolute atomic E-state index is 0.00619. The van der Waals surface area contributed by atoms with Crippen molar-refractivity contribution in [1.82, 2.24) is 14.7 Å². The van der Waals surface area contributed by atoms with Gasteiger partial charge in [-0.15, -0.1) is 0 Å². The topological polar surface area (TPSA) is 116 Å². The van der Waals surface area contributed by atoms with Crippen molar-refractivity contribution in [2.45, 2.75) is 94.9 Å². The van der Waals surface area contributed by atoms with Gasteiger partial charge in [-0.2, -0.15) is 0 Å². The average Bonchev–Trinajstić information content (AvgIpc) is 3.79. The Balaban J connectivity index is 1.01. The van der Waals surface area contributed by atoms with Crippen molar-refractivity contribution in [3.8, 4) is 0 Å². The number of hydrogen-bond donors (Lipinski definition) is 2. The number of carbonyl (C=O) groups excluding carboxylic acids is 2. The molecule has 7 rings (SSSR count). The van der Waals surface area contributed by atoms with E-state index in [4.69, 9.17) is 32.4 Å². The number of benzene rings is 2. The number of nitrogens with zero attached hydrogens (tertiary/aromatic N) is 3. The zero-order chi connectivity index (χ0) is 35.5. The second-order valence-corrected chi connectivity index (χ2v) is 15.6. The molecule has 2 atom stereocenters. The van der Waals surface area contributed by atoms with E-state index in [-0.39, 0.29) is 47.4 Å². The number of ether oxygens (including phenoxy) is 1. The highest BCUT2D eigenvalue weighted by molar-refractivity contribution is 6.36. The summed E-state index contributed by atoms with van der Waals surface area (Å²) in [4.78, 5) is 45.9. The number of amides is 2. The van der Waals surface area contributed by atoms with Gasteiger partial charge in [-0.25, -0.2) is 0 Å². The predicted octanol–water partition coefficient (Wildman–Crippen LogP) is 7.11. The minimum atomic E-state index is -0.729. The Labute approximate surface area is 309 Å². The van der Waals surface area contributed by atoms with Gasteiger partial charge in [0.25, 0.3) is 5.91 Å². The van der Waals surface area contributed by atoms with Gasteiger partial charge in [-0.3, -0.25) is 24.2 Å². The third-order valence-electron chi connectivity index (χ3n) is 11.7. The molecule has 0 unspecified atom stereocenters. The van der Waals surface area contributed by atoms with E-state index in [1.165, 1.54) is 38.4 Å². The fourth-order valence-corrected chi connectivity index (χ4v) is 9.15. The van der Waals surface area contributed by atoms with Crippen molar-refractivity contribution in [3.63, 3.8) is 0 Å². The molecule has 1 aromatic heterocycles. The molecule has 0 bridgehead atoms. The number of piperazine rings is 1. The summed E-state index contributed by atoms with van der Waals surface area (Å²) < 4.78 is 11.9. The molecule has 2 aromatic carbocycles. The molecule has 3 heterocycles. The van der Waals surface area contributed by atoms with Crippen LogP contribution in [0.2, 0.25) is 10.0 Å². The Morgan fingerprint density at radius 1 is 0.882 bits per heavy atom. The molecule has 10 nitrogen and oxygen atoms in total. The number of carboxylic acids is 1. The number of para-hydroxylation sites is 1. The van der Waals surface area contributed by atoms with Gasteiger partial charge in [0.1, 0.15) is 11.8 Å². The van der Waals surface area contributed by atoms with Crippen LogP contribution in [0.3, 0.4) is 0 Å². The maximum Gasteiger partial charge on any atom is 0.306 e. The molecule has 3 aromatic rings. The number of halogens is 2. The van der Waals surface area contributed by atoms with E-state index in [9.17, 15) is 19.5 Å². The van der Waals surface area contributed by atoms with Crippen LogP contribution in [0.1, 0.15) is 80.1 Å². The largest absolute Gasteiger partial charge is 0.481 e. The SMILES string of the molecule is O=C(Nc1cc(Cl)c(CC(=O)N2C[C@@H](N3CCN(C4CCCCC4)CC3)C[C@H]2CO[C@H]2CC[C@H](C(=O)O)CC2)cc1Cl)c1coc2ccccc12. The Morgan fingerprint density at radius 2 is 1.59 bits per heavy atom. The normalized spacial score (nSPS) is 25.3. The molecule has 4 aliphatic rings. The number of likely N-dealkylation sites (tertiary alicyclic amines) is 1. The molecule has 2 aliphatic carbocycles. The summed E-state index contributed by atoms with van der Waals surface area (Å²) in [7, 11) is 0. The Kier molecular flexibility index (Phi) is 11.5. The van der Waals surface area contributed by atoms with Crippen molar-refractivity contribution in [2.24, 2.45) is 5.92 Å². The number of carbonyl (C=O) groups is 3. The predicted molar refractivity (Wildman–Crippen MR) is 198 cm³/mol. The second kappa shape index (κ2) is 16.3. The standard InChI is InChI=1S/C39H48Cl2N4O6/c40-33-21-35(42-38(47)32-24-51-36-9-5-4-8-31(32)36)34(41)18-26(33)19-37(46)45-22-28(44-16-14-43(15-17-44)27-6-2-1-3-7-27)20-29(45)23-50-30-12-10-25(11-13-30)39(48)49/h4-5,8-9,18,21,24-25,27-30H,1-3,6-7,10-17,19-20,22-23H2,(H,42,47)(H,48,49)/t25-,28-,29-,30-/m0/s1. The first kappa shape index (κ1) is 36.2. The average molecular weight is 740 g/mol. The summed E-state index contributed by atoms with van der Waals surface area (Å²) in [5.41, 5.74) is 1.94. The highest BCUT2D eigenvalue weighted by Crippen LogP contribution is 2.34. The van der Waals surface area contributed by atoms with Crippen LogP contribution in [-0.4, -0.2) is 101 Å². The number of rotatable bonds is 10. The van der Waals surface area contributed by atoms with Gasteiger partial charge in [0.2, 0.25) is 5.91 Å². The summed E-state index contributed by atoms with van der Waals surface area (Å²) in [5, 5.41) is 13.6. The summed E-state index contributed by atoms with van der Waals surface area (Å²) >= 11 is 13.4. The lowest BCUT2D eigenvalue weighted by atomic mass is 9.87. The number of aliphatic carboxylic acids is 1. The fourth-order valence-electron chi connectivity index (χ4n) is 8.68. The van der Waals surface area contributed by atoms with E-state index in [2.05, 4.69) is 15.1 Å². The van der Waals surface area contributed by atoms with Crippen LogP contribution in [0.25, 0.3) is 11.0 Å². The van der Waals surface area contributed by atoms with Gasteiger partial charge in [0, 0.05) is 55.2 Å². The molecule has 4 fully saturated rings. The summed E-state index contributed by atoms with van der Waals surface area (Å²) in [5.74, 6) is -1.44. The van der Waals surface area contributed by atoms with Crippen molar-refractivity contribution < 1.29 is 28.6 Å². The van der Waals surface area contributed by atoms with Gasteiger partial charge >= 0.3 is 5.97 Å². The first-order chi connectivity index (χ1) is 24.7. The van der Waals surface area contributed by atoms with Crippen molar-refractivity contribution >= 4 is 57.6 Å². The number of fused-ring (bicyclic) bond motifs is 1. The molecule has 0 radical (unpaired) electrons.